The molecule has 6 heteroatoms. The lowest BCUT2D eigenvalue weighted by Gasteiger charge is -2.18. The number of carbonyl (C=O) groups is 1. The summed E-state index contributed by atoms with van der Waals surface area (Å²) in [4.78, 5) is 25.0. The minimum absolute atomic E-state index is 0.0319. The Kier molecular flexibility index (Phi) is 5.30. The van der Waals surface area contributed by atoms with Crippen LogP contribution in [0.25, 0.3) is 0 Å². The number of hydrogen-bond acceptors (Lipinski definition) is 3. The largest absolute Gasteiger partial charge is 0.489 e. The van der Waals surface area contributed by atoms with Crippen LogP contribution in [0.4, 0.5) is 4.39 Å². The minimum Gasteiger partial charge on any atom is -0.489 e. The Labute approximate surface area is 127 Å². The number of likely N-dealkylation sites (N-methyl/N-ethyl adjacent to an activating group) is 1. The van der Waals surface area contributed by atoms with Gasteiger partial charge >= 0.3 is 0 Å². The number of nitrogens with zero attached hydrogens (tertiary/aromatic N) is 2. The number of rotatable bonds is 6. The molecule has 1 aromatic carbocycles. The summed E-state index contributed by atoms with van der Waals surface area (Å²) in [7, 11) is 1.61. The van der Waals surface area contributed by atoms with Crippen molar-refractivity contribution in [1.29, 1.82) is 0 Å². The van der Waals surface area contributed by atoms with Crippen molar-refractivity contribution >= 4 is 5.91 Å². The summed E-state index contributed by atoms with van der Waals surface area (Å²) >= 11 is 0. The lowest BCUT2D eigenvalue weighted by molar-refractivity contribution is -0.130. The van der Waals surface area contributed by atoms with Crippen LogP contribution in [0.3, 0.4) is 0 Å². The molecule has 5 nitrogen and oxygen atoms in total. The Balaban J connectivity index is 1.83. The molecule has 2 aromatic rings. The number of benzene rings is 1. The monoisotopic (exact) mass is 304 g/mol. The second kappa shape index (κ2) is 7.40. The van der Waals surface area contributed by atoms with Gasteiger partial charge in [0.2, 0.25) is 5.91 Å². The number of hydrogen-bond donors (Lipinski definition) is 0. The van der Waals surface area contributed by atoms with Gasteiger partial charge in [-0.05, 0) is 18.2 Å². The van der Waals surface area contributed by atoms with E-state index >= 15 is 0 Å². The maximum absolute atomic E-state index is 13.4. The van der Waals surface area contributed by atoms with Crippen molar-refractivity contribution in [3.63, 3.8) is 0 Å². The van der Waals surface area contributed by atoms with E-state index in [-0.39, 0.29) is 30.4 Å². The molecule has 0 saturated heterocycles. The lowest BCUT2D eigenvalue weighted by atomic mass is 10.3. The van der Waals surface area contributed by atoms with E-state index in [2.05, 4.69) is 0 Å². The highest BCUT2D eigenvalue weighted by molar-refractivity contribution is 5.75. The van der Waals surface area contributed by atoms with Crippen LogP contribution in [0.15, 0.2) is 53.5 Å². The summed E-state index contributed by atoms with van der Waals surface area (Å²) in [6.07, 6.45) is 1.56. The molecular formula is C16H17FN2O3. The average Bonchev–Trinajstić information content (AvgIpc) is 2.51. The molecule has 0 radical (unpaired) electrons. The van der Waals surface area contributed by atoms with E-state index < -0.39 is 5.82 Å². The van der Waals surface area contributed by atoms with Crippen LogP contribution in [0, 0.1) is 5.82 Å². The highest BCUT2D eigenvalue weighted by Crippen LogP contribution is 2.14. The van der Waals surface area contributed by atoms with E-state index in [1.165, 1.54) is 27.7 Å². The standard InChI is InChI=1S/C16H17FN2O3/c1-18(10-11-22-14-7-3-2-6-13(14)17)16(21)12-19-9-5-4-8-15(19)20/h2-9H,10-12H2,1H3. The van der Waals surface area contributed by atoms with Gasteiger partial charge in [-0.2, -0.15) is 0 Å². The first-order valence-corrected chi connectivity index (χ1v) is 6.84. The Bertz CT molecular complexity index is 700. The number of pyridine rings is 1. The fourth-order valence-electron chi connectivity index (χ4n) is 1.84. The molecule has 0 N–H and O–H groups in total. The number of para-hydroxylation sites is 1. The van der Waals surface area contributed by atoms with E-state index in [4.69, 9.17) is 4.74 Å². The molecular weight excluding hydrogens is 287 g/mol. The van der Waals surface area contributed by atoms with E-state index in [0.717, 1.165) is 0 Å². The molecule has 0 spiro atoms. The van der Waals surface area contributed by atoms with E-state index in [1.807, 2.05) is 0 Å². The average molecular weight is 304 g/mol. The third kappa shape index (κ3) is 4.18. The Morgan fingerprint density at radius 1 is 1.23 bits per heavy atom. The van der Waals surface area contributed by atoms with Crippen LogP contribution in [0.2, 0.25) is 0 Å². The summed E-state index contributed by atoms with van der Waals surface area (Å²) in [5.74, 6) is -0.500. The molecule has 116 valence electrons. The van der Waals surface area contributed by atoms with Crippen LogP contribution in [-0.2, 0) is 11.3 Å². The number of aromatic nitrogens is 1. The Morgan fingerprint density at radius 2 is 1.95 bits per heavy atom. The van der Waals surface area contributed by atoms with Gasteiger partial charge in [0, 0.05) is 19.3 Å². The third-order valence-electron chi connectivity index (χ3n) is 3.15. The summed E-state index contributed by atoms with van der Waals surface area (Å²) in [6, 6.07) is 10.8. The molecule has 0 aliphatic rings. The van der Waals surface area contributed by atoms with Crippen LogP contribution < -0.4 is 10.3 Å². The molecule has 1 aromatic heterocycles. The summed E-state index contributed by atoms with van der Waals surface area (Å²) in [5.41, 5.74) is -0.230. The number of halogens is 1. The van der Waals surface area contributed by atoms with Gasteiger partial charge in [-0.25, -0.2) is 4.39 Å². The van der Waals surface area contributed by atoms with Gasteiger partial charge in [-0.15, -0.1) is 0 Å². The van der Waals surface area contributed by atoms with Gasteiger partial charge in [-0.1, -0.05) is 18.2 Å². The maximum Gasteiger partial charge on any atom is 0.250 e. The van der Waals surface area contributed by atoms with Crippen molar-refractivity contribution < 1.29 is 13.9 Å². The van der Waals surface area contributed by atoms with Crippen molar-refractivity contribution in [1.82, 2.24) is 9.47 Å². The number of amides is 1. The fourth-order valence-corrected chi connectivity index (χ4v) is 1.84. The van der Waals surface area contributed by atoms with Crippen molar-refractivity contribution in [3.05, 3.63) is 64.8 Å². The van der Waals surface area contributed by atoms with Crippen molar-refractivity contribution in [2.75, 3.05) is 20.2 Å². The maximum atomic E-state index is 13.4. The summed E-state index contributed by atoms with van der Waals surface area (Å²) in [6.45, 7) is 0.442. The number of ether oxygens (including phenoxy) is 1. The quantitative estimate of drug-likeness (QED) is 0.813. The highest BCUT2D eigenvalue weighted by atomic mass is 19.1. The lowest BCUT2D eigenvalue weighted by Crippen LogP contribution is -2.35. The van der Waals surface area contributed by atoms with Gasteiger partial charge in [0.05, 0.1) is 6.54 Å². The molecule has 0 atom stereocenters. The Hall–Kier alpha value is -2.63. The zero-order valence-corrected chi connectivity index (χ0v) is 12.2. The molecule has 0 bridgehead atoms. The number of carbonyl (C=O) groups excluding carboxylic acids is 1. The van der Waals surface area contributed by atoms with Crippen LogP contribution in [0.1, 0.15) is 0 Å². The van der Waals surface area contributed by atoms with Gasteiger partial charge < -0.3 is 14.2 Å². The molecule has 1 amide bonds. The van der Waals surface area contributed by atoms with E-state index in [9.17, 15) is 14.0 Å². The molecule has 0 aliphatic heterocycles. The van der Waals surface area contributed by atoms with Crippen molar-refractivity contribution in [2.24, 2.45) is 0 Å². The zero-order chi connectivity index (χ0) is 15.9. The molecule has 0 fully saturated rings. The normalized spacial score (nSPS) is 10.3. The van der Waals surface area contributed by atoms with Crippen molar-refractivity contribution in [2.45, 2.75) is 6.54 Å². The molecule has 0 saturated carbocycles. The first-order valence-electron chi connectivity index (χ1n) is 6.84. The first kappa shape index (κ1) is 15.8. The van der Waals surface area contributed by atoms with Crippen LogP contribution >= 0.6 is 0 Å². The van der Waals surface area contributed by atoms with E-state index in [1.54, 1.807) is 37.5 Å². The van der Waals surface area contributed by atoms with Crippen molar-refractivity contribution in [3.8, 4) is 5.75 Å². The Morgan fingerprint density at radius 3 is 2.68 bits per heavy atom. The highest BCUT2D eigenvalue weighted by Gasteiger charge is 2.10. The van der Waals surface area contributed by atoms with Crippen LogP contribution in [0.5, 0.6) is 5.75 Å². The SMILES string of the molecule is CN(CCOc1ccccc1F)C(=O)Cn1ccccc1=O. The van der Waals surface area contributed by atoms with Gasteiger partial charge in [0.15, 0.2) is 11.6 Å². The smallest absolute Gasteiger partial charge is 0.250 e. The first-order chi connectivity index (χ1) is 10.6. The molecule has 0 unspecified atom stereocenters. The predicted octanol–water partition coefficient (Wildman–Crippen LogP) is 1.52. The third-order valence-corrected chi connectivity index (χ3v) is 3.15. The topological polar surface area (TPSA) is 51.5 Å². The molecule has 1 heterocycles. The predicted molar refractivity (Wildman–Crippen MR) is 80.2 cm³/mol. The molecule has 2 rings (SSSR count). The van der Waals surface area contributed by atoms with Gasteiger partial charge in [0.25, 0.3) is 5.56 Å². The summed E-state index contributed by atoms with van der Waals surface area (Å²) < 4.78 is 20.0. The summed E-state index contributed by atoms with van der Waals surface area (Å²) in [5, 5.41) is 0. The van der Waals surface area contributed by atoms with Gasteiger partial charge in [-0.3, -0.25) is 9.59 Å². The molecule has 0 aliphatic carbocycles. The second-order valence-corrected chi connectivity index (χ2v) is 4.76. The fraction of sp³-hybridized carbons (Fsp3) is 0.250. The second-order valence-electron chi connectivity index (χ2n) is 4.76. The van der Waals surface area contributed by atoms with Gasteiger partial charge in [0.1, 0.15) is 13.2 Å². The minimum atomic E-state index is -0.438. The van der Waals surface area contributed by atoms with E-state index in [0.29, 0.717) is 6.54 Å². The zero-order valence-electron chi connectivity index (χ0n) is 12.2. The molecule has 22 heavy (non-hydrogen) atoms. The van der Waals surface area contributed by atoms with Crippen LogP contribution in [-0.4, -0.2) is 35.6 Å².